The molecule has 4 rings (SSSR count). The first-order chi connectivity index (χ1) is 12.3. The predicted molar refractivity (Wildman–Crippen MR) is 106 cm³/mol. The van der Waals surface area contributed by atoms with Gasteiger partial charge >= 0.3 is 0 Å². The highest BCUT2D eigenvalue weighted by Crippen LogP contribution is 2.35. The number of hydrogen-bond acceptors (Lipinski definition) is 3. The maximum Gasteiger partial charge on any atom is 0.0553 e. The zero-order valence-corrected chi connectivity index (χ0v) is 15.3. The van der Waals surface area contributed by atoms with Crippen LogP contribution in [0.15, 0.2) is 54.8 Å². The molecule has 1 aliphatic heterocycles. The summed E-state index contributed by atoms with van der Waals surface area (Å²) < 4.78 is 0. The van der Waals surface area contributed by atoms with Gasteiger partial charge in [-0.05, 0) is 54.9 Å². The SMILES string of the molecule is C=CC1Cc2cccc(N(C)N3CCN(C4=CC=CCC4)CC3)c2C1. The number of hydrazine groups is 1. The molecule has 0 saturated carbocycles. The van der Waals surface area contributed by atoms with Crippen LogP contribution in [0, 0.1) is 5.92 Å². The first-order valence-corrected chi connectivity index (χ1v) is 9.59. The number of fused-ring (bicyclic) bond motifs is 1. The zero-order valence-electron chi connectivity index (χ0n) is 15.3. The predicted octanol–water partition coefficient (Wildman–Crippen LogP) is 3.79. The molecule has 0 N–H and O–H groups in total. The van der Waals surface area contributed by atoms with Crippen molar-refractivity contribution in [3.63, 3.8) is 0 Å². The van der Waals surface area contributed by atoms with Crippen LogP contribution < -0.4 is 5.01 Å². The minimum atomic E-state index is 0.604. The highest BCUT2D eigenvalue weighted by atomic mass is 15.6. The smallest absolute Gasteiger partial charge is 0.0553 e. The van der Waals surface area contributed by atoms with E-state index in [1.807, 2.05) is 0 Å². The van der Waals surface area contributed by atoms with E-state index in [-0.39, 0.29) is 0 Å². The second kappa shape index (κ2) is 7.09. The van der Waals surface area contributed by atoms with Gasteiger partial charge in [0.2, 0.25) is 0 Å². The third kappa shape index (κ3) is 3.25. The van der Waals surface area contributed by atoms with Gasteiger partial charge in [0, 0.05) is 38.9 Å². The fourth-order valence-corrected chi connectivity index (χ4v) is 4.42. The molecule has 1 saturated heterocycles. The number of allylic oxidation sites excluding steroid dienone is 5. The van der Waals surface area contributed by atoms with Crippen LogP contribution in [-0.2, 0) is 12.8 Å². The molecular formula is C22H29N3. The summed E-state index contributed by atoms with van der Waals surface area (Å²) in [5.74, 6) is 0.604. The van der Waals surface area contributed by atoms with Gasteiger partial charge in [-0.25, -0.2) is 5.01 Å². The third-order valence-corrected chi connectivity index (χ3v) is 5.96. The molecule has 25 heavy (non-hydrogen) atoms. The van der Waals surface area contributed by atoms with E-state index in [0.717, 1.165) is 39.0 Å². The van der Waals surface area contributed by atoms with Gasteiger partial charge in [0.1, 0.15) is 0 Å². The van der Waals surface area contributed by atoms with Crippen LogP contribution in [0.4, 0.5) is 5.69 Å². The van der Waals surface area contributed by atoms with E-state index in [2.05, 4.69) is 71.0 Å². The van der Waals surface area contributed by atoms with Crippen LogP contribution in [0.1, 0.15) is 24.0 Å². The van der Waals surface area contributed by atoms with E-state index in [0.29, 0.717) is 5.92 Å². The minimum absolute atomic E-state index is 0.604. The highest BCUT2D eigenvalue weighted by molar-refractivity contribution is 5.58. The Morgan fingerprint density at radius 3 is 2.72 bits per heavy atom. The van der Waals surface area contributed by atoms with Gasteiger partial charge in [0.05, 0.1) is 5.69 Å². The van der Waals surface area contributed by atoms with Crippen molar-refractivity contribution in [3.05, 3.63) is 65.9 Å². The molecule has 1 aromatic rings. The molecular weight excluding hydrogens is 306 g/mol. The van der Waals surface area contributed by atoms with Gasteiger partial charge in [-0.1, -0.05) is 30.4 Å². The summed E-state index contributed by atoms with van der Waals surface area (Å²) in [6, 6.07) is 6.79. The van der Waals surface area contributed by atoms with Crippen molar-refractivity contribution in [1.29, 1.82) is 0 Å². The number of hydrogen-bond donors (Lipinski definition) is 0. The van der Waals surface area contributed by atoms with Crippen LogP contribution in [0.25, 0.3) is 0 Å². The van der Waals surface area contributed by atoms with Crippen LogP contribution in [0.3, 0.4) is 0 Å². The molecule has 0 aromatic heterocycles. The molecule has 132 valence electrons. The Labute approximate surface area is 151 Å². The topological polar surface area (TPSA) is 9.72 Å². The lowest BCUT2D eigenvalue weighted by atomic mass is 10.1. The van der Waals surface area contributed by atoms with E-state index < -0.39 is 0 Å². The molecule has 1 heterocycles. The van der Waals surface area contributed by atoms with Crippen molar-refractivity contribution in [3.8, 4) is 0 Å². The Morgan fingerprint density at radius 2 is 2.00 bits per heavy atom. The van der Waals surface area contributed by atoms with E-state index in [4.69, 9.17) is 0 Å². The monoisotopic (exact) mass is 335 g/mol. The van der Waals surface area contributed by atoms with Crippen LogP contribution in [-0.4, -0.2) is 43.1 Å². The van der Waals surface area contributed by atoms with Crippen molar-refractivity contribution < 1.29 is 0 Å². The first-order valence-electron chi connectivity index (χ1n) is 9.59. The standard InChI is InChI=1S/C22H29N3/c1-3-18-16-19-8-7-11-22(21(19)17-18)23(2)25-14-12-24(13-15-25)20-9-5-4-6-10-20/h3-5,7-9,11,18H,1,6,10,12-17H2,2H3. The summed E-state index contributed by atoms with van der Waals surface area (Å²) in [6.07, 6.45) is 13.6. The quantitative estimate of drug-likeness (QED) is 0.775. The Balaban J connectivity index is 1.44. The molecule has 1 unspecified atom stereocenters. The van der Waals surface area contributed by atoms with E-state index in [9.17, 15) is 0 Å². The lowest BCUT2D eigenvalue weighted by Gasteiger charge is -2.42. The second-order valence-electron chi connectivity index (χ2n) is 7.41. The number of piperazine rings is 1. The van der Waals surface area contributed by atoms with Gasteiger partial charge in [-0.15, -0.1) is 6.58 Å². The molecule has 3 aliphatic rings. The van der Waals surface area contributed by atoms with Crippen molar-refractivity contribution in [2.24, 2.45) is 5.92 Å². The van der Waals surface area contributed by atoms with Gasteiger partial charge in [-0.2, -0.15) is 0 Å². The molecule has 0 spiro atoms. The summed E-state index contributed by atoms with van der Waals surface area (Å²) in [5, 5.41) is 4.91. The number of rotatable bonds is 4. The molecule has 1 fully saturated rings. The van der Waals surface area contributed by atoms with E-state index in [1.165, 1.54) is 35.4 Å². The van der Waals surface area contributed by atoms with Crippen molar-refractivity contribution in [2.75, 3.05) is 38.2 Å². The molecule has 1 aromatic carbocycles. The second-order valence-corrected chi connectivity index (χ2v) is 7.41. The van der Waals surface area contributed by atoms with Gasteiger partial charge in [0.25, 0.3) is 0 Å². The normalized spacial score (nSPS) is 23.3. The van der Waals surface area contributed by atoms with Gasteiger partial charge < -0.3 is 9.91 Å². The Hall–Kier alpha value is -2.00. The molecule has 0 radical (unpaired) electrons. The summed E-state index contributed by atoms with van der Waals surface area (Å²) in [5.41, 5.74) is 5.93. The number of benzene rings is 1. The number of anilines is 1. The van der Waals surface area contributed by atoms with E-state index in [1.54, 1.807) is 0 Å². The molecule has 0 amide bonds. The Bertz CT molecular complexity index is 695. The van der Waals surface area contributed by atoms with E-state index >= 15 is 0 Å². The number of nitrogens with zero attached hydrogens (tertiary/aromatic N) is 3. The zero-order chi connectivity index (χ0) is 17.2. The maximum atomic E-state index is 4.00. The van der Waals surface area contributed by atoms with Gasteiger partial charge in [0.15, 0.2) is 0 Å². The Kier molecular flexibility index (Phi) is 4.67. The van der Waals surface area contributed by atoms with Crippen molar-refractivity contribution >= 4 is 5.69 Å². The lowest BCUT2D eigenvalue weighted by molar-refractivity contribution is 0.150. The molecule has 1 atom stereocenters. The molecule has 2 aliphatic carbocycles. The summed E-state index contributed by atoms with van der Waals surface area (Å²) >= 11 is 0. The molecule has 3 heteroatoms. The largest absolute Gasteiger partial charge is 0.372 e. The average Bonchev–Trinajstić information content (AvgIpc) is 3.12. The Morgan fingerprint density at radius 1 is 1.16 bits per heavy atom. The van der Waals surface area contributed by atoms with Crippen LogP contribution in [0.5, 0.6) is 0 Å². The van der Waals surface area contributed by atoms with Gasteiger partial charge in [-0.3, -0.25) is 0 Å². The lowest BCUT2D eigenvalue weighted by Crippen LogP contribution is -2.52. The molecule has 3 nitrogen and oxygen atoms in total. The van der Waals surface area contributed by atoms with Crippen LogP contribution in [0.2, 0.25) is 0 Å². The van der Waals surface area contributed by atoms with Crippen LogP contribution >= 0.6 is 0 Å². The van der Waals surface area contributed by atoms with Crippen molar-refractivity contribution in [2.45, 2.75) is 25.7 Å². The third-order valence-electron chi connectivity index (χ3n) is 5.96. The van der Waals surface area contributed by atoms with Crippen molar-refractivity contribution in [1.82, 2.24) is 9.91 Å². The summed E-state index contributed by atoms with van der Waals surface area (Å²) in [7, 11) is 2.23. The fraction of sp³-hybridized carbons (Fsp3) is 0.455. The fourth-order valence-electron chi connectivity index (χ4n) is 4.42. The maximum absolute atomic E-state index is 4.00. The first kappa shape index (κ1) is 16.5. The minimum Gasteiger partial charge on any atom is -0.372 e. The highest BCUT2D eigenvalue weighted by Gasteiger charge is 2.26. The molecule has 0 bridgehead atoms. The summed E-state index contributed by atoms with van der Waals surface area (Å²) in [6.45, 7) is 8.42. The average molecular weight is 335 g/mol. The summed E-state index contributed by atoms with van der Waals surface area (Å²) in [4.78, 5) is 2.57.